The van der Waals surface area contributed by atoms with Gasteiger partial charge in [0, 0.05) is 42.2 Å². The molecule has 0 saturated heterocycles. The Balaban J connectivity index is -0.0000000384. The van der Waals surface area contributed by atoms with Crippen LogP contribution in [0.4, 0.5) is 0 Å². The van der Waals surface area contributed by atoms with E-state index in [1.807, 2.05) is 7.11 Å². The van der Waals surface area contributed by atoms with Gasteiger partial charge >= 0.3 is 73.2 Å². The zero-order chi connectivity index (χ0) is 73.2. The summed E-state index contributed by atoms with van der Waals surface area (Å²) in [7, 11) is -8.68. The maximum absolute atomic E-state index is 11.1. The number of carbonyl (C=O) groups is 2. The van der Waals surface area contributed by atoms with E-state index in [2.05, 4.69) is 119 Å². The van der Waals surface area contributed by atoms with Gasteiger partial charge in [0.2, 0.25) is 0 Å². The van der Waals surface area contributed by atoms with Crippen molar-refractivity contribution in [3.05, 3.63) is 0 Å². The van der Waals surface area contributed by atoms with Crippen LogP contribution in [0.2, 0.25) is 140 Å². The van der Waals surface area contributed by atoms with Crippen molar-refractivity contribution in [3.8, 4) is 0 Å². The highest BCUT2D eigenvalue weighted by Gasteiger charge is 2.45. The highest BCUT2D eigenvalue weighted by atomic mass is 28.5. The lowest BCUT2D eigenvalue weighted by molar-refractivity contribution is -0.193. The number of hydrogen-bond acceptors (Lipinski definition) is 22. The molecule has 4 N–H and O–H groups in total. The molecule has 109 heavy (non-hydrogen) atoms. The Labute approximate surface area is 692 Å². The SMILES string of the molecule is C.C.C.C.C.C.C.C.C.C.C.C.C.C.C.C.C.CCCC[Si](C)(OC)O[Si](C)(C)CCC.CCC[Si](C)(C)O[Si](C)(CCCC(C)C(=O)O)OC.CCC[Si](C)(C)O[Si](C)(CCCN)OC.COCCOCCOCCOCCC[Si](C)(O[Si](C)(C)C)O[Si](C)(CCCC(C)C(=O)O)OC.O=C=O.O=C=O.O=C=O. The first-order valence-electron chi connectivity index (χ1n) is 32.6. The van der Waals surface area contributed by atoms with E-state index in [4.69, 9.17) is 102 Å². The maximum Gasteiger partial charge on any atom is 0.373 e. The summed E-state index contributed by atoms with van der Waals surface area (Å²) in [6.07, 6.45) is 11.6. The molecule has 0 saturated carbocycles. The molecule has 0 aliphatic heterocycles. The molecule has 686 valence electrons. The standard InChI is InChI=1S/C22H50O9Si3.C13H30O4Si2.C11H28O2Si2.C10H27NO2Si2.3CO2.17CH4/c1-21(22(23)24)11-9-19-33(7,26-3)31-34(8,30-32(4,5)6)20-10-12-27-15-16-29-18-17-28-14-13-25-2;1-7-10-18(4,5)17-19(6,16-3)11-8-9-12(2)13(14)15;1-7-9-11-15(6,12-3)13-14(4,5)10-8-2;1-6-9-14(3,4)13-15(5,12-2)10-7-8-11;3*2-1-3;;;;;;;;;;;;;;;;;/h21H,9-20H2,1-8H3,(H,23,24);12H,7-11H2,1-6H3,(H,14,15);7-11H2,1-6H3;6-11H2,1-5H3;;;;17*1H4. The number of aliphatic carboxylic acids is 2. The van der Waals surface area contributed by atoms with Crippen molar-refractivity contribution < 1.29 is 106 Å². The minimum Gasteiger partial charge on any atom is -0.481 e. The van der Waals surface area contributed by atoms with Crippen LogP contribution in [0, 0.1) is 11.8 Å². The minimum atomic E-state index is -2.49. The topological polar surface area (TPSA) is 323 Å². The van der Waals surface area contributed by atoms with E-state index in [1.54, 1.807) is 42.3 Å². The highest BCUT2D eigenvalue weighted by Crippen LogP contribution is 2.31. The number of unbranched alkanes of at least 4 members (excludes halogenated alkanes) is 1. The second-order valence-corrected chi connectivity index (χ2v) is 61.9. The second kappa shape index (κ2) is 103. The third kappa shape index (κ3) is 117. The molecular weight excluding hydrogens is 1550 g/mol. The highest BCUT2D eigenvalue weighted by molar-refractivity contribution is 6.87. The molecule has 0 aromatic carbocycles. The van der Waals surface area contributed by atoms with E-state index in [0.717, 1.165) is 74.9 Å². The van der Waals surface area contributed by atoms with E-state index >= 15 is 0 Å². The van der Waals surface area contributed by atoms with Crippen LogP contribution in [0.3, 0.4) is 0 Å². The van der Waals surface area contributed by atoms with Crippen molar-refractivity contribution in [3.63, 3.8) is 0 Å². The van der Waals surface area contributed by atoms with Crippen molar-refractivity contribution in [2.75, 3.05) is 88.3 Å². The number of carboxylic acid groups (broad SMARTS) is 2. The number of nitrogens with two attached hydrogens (primary N) is 1. The lowest BCUT2D eigenvalue weighted by Crippen LogP contribution is -2.55. The Kier molecular flexibility index (Phi) is 165. The summed E-state index contributed by atoms with van der Waals surface area (Å²) in [5.74, 6) is -2.12. The third-order valence-corrected chi connectivity index (χ3v) is 48.3. The van der Waals surface area contributed by atoms with Gasteiger partial charge in [-0.2, -0.15) is 28.8 Å². The Morgan fingerprint density at radius 1 is 0.321 bits per heavy atom. The van der Waals surface area contributed by atoms with Crippen LogP contribution in [-0.2, 0) is 95.6 Å². The van der Waals surface area contributed by atoms with Crippen molar-refractivity contribution in [1.82, 2.24) is 0 Å². The Hall–Kier alpha value is -1.53. The number of hydrogen-bond donors (Lipinski definition) is 3. The van der Waals surface area contributed by atoms with Gasteiger partial charge in [-0.1, -0.05) is 213 Å². The van der Waals surface area contributed by atoms with Gasteiger partial charge in [0.1, 0.15) is 0 Å². The van der Waals surface area contributed by atoms with Crippen LogP contribution in [0.25, 0.3) is 0 Å². The van der Waals surface area contributed by atoms with Gasteiger partial charge in [-0.15, -0.1) is 0 Å². The number of carbonyl (C=O) groups excluding carboxylic acids is 6. The fourth-order valence-electron chi connectivity index (χ4n) is 9.53. The fraction of sp³-hybridized carbons (Fsp3) is 0.934. The molecule has 0 bridgehead atoms. The predicted octanol–water partition coefficient (Wildman–Crippen LogP) is 24.0. The minimum absolute atomic E-state index is 0. The Morgan fingerprint density at radius 2 is 0.550 bits per heavy atom. The summed E-state index contributed by atoms with van der Waals surface area (Å²) in [5.41, 5.74) is 5.54. The van der Waals surface area contributed by atoms with Crippen LogP contribution >= 0.6 is 0 Å². The number of carboxylic acids is 2. The molecule has 0 fully saturated rings. The third-order valence-electron chi connectivity index (χ3n) is 14.0. The first kappa shape index (κ1) is 175. The Bertz CT molecular complexity index is 1830. The first-order chi connectivity index (χ1) is 42.5. The molecule has 0 spiro atoms. The van der Waals surface area contributed by atoms with Crippen LogP contribution in [0.15, 0.2) is 0 Å². The summed E-state index contributed by atoms with van der Waals surface area (Å²) in [6.45, 7) is 47.9. The molecule has 0 amide bonds. The number of ether oxygens (including phenoxy) is 4. The van der Waals surface area contributed by atoms with Crippen LogP contribution < -0.4 is 5.73 Å². The fourth-order valence-corrected chi connectivity index (χ4v) is 46.7. The Morgan fingerprint density at radius 3 is 0.771 bits per heavy atom. The second-order valence-electron chi connectivity index (χ2n) is 26.1. The molecule has 24 nitrogen and oxygen atoms in total. The van der Waals surface area contributed by atoms with Crippen LogP contribution in [-0.4, -0.2) is 205 Å². The van der Waals surface area contributed by atoms with E-state index in [-0.39, 0.29) is 157 Å². The van der Waals surface area contributed by atoms with Gasteiger partial charge in [0.25, 0.3) is 0 Å². The first-order valence-corrected chi connectivity index (χ1v) is 58.0. The van der Waals surface area contributed by atoms with Crippen LogP contribution in [0.5, 0.6) is 0 Å². The van der Waals surface area contributed by atoms with Gasteiger partial charge in [-0.05, 0) is 172 Å². The zero-order valence-corrected chi connectivity index (χ0v) is 71.3. The summed E-state index contributed by atoms with van der Waals surface area (Å²) in [5, 5.41) is 18.0. The largest absolute Gasteiger partial charge is 0.481 e. The molecule has 0 radical (unpaired) electrons. The summed E-state index contributed by atoms with van der Waals surface area (Å²) < 4.78 is 76.7. The van der Waals surface area contributed by atoms with E-state index in [0.29, 0.717) is 59.1 Å². The van der Waals surface area contributed by atoms with Gasteiger partial charge in [-0.25, -0.2) is 0 Å². The number of rotatable bonds is 49. The molecule has 0 aliphatic rings. The van der Waals surface area contributed by atoms with Crippen molar-refractivity contribution in [1.29, 1.82) is 0 Å². The van der Waals surface area contributed by atoms with Crippen molar-refractivity contribution in [2.24, 2.45) is 17.6 Å². The lowest BCUT2D eigenvalue weighted by Gasteiger charge is -2.40. The summed E-state index contributed by atoms with van der Waals surface area (Å²) in [6, 6.07) is 8.20. The molecule has 0 aliphatic carbocycles. The van der Waals surface area contributed by atoms with E-state index in [1.165, 1.54) is 37.8 Å². The summed E-state index contributed by atoms with van der Waals surface area (Å²) >= 11 is 0. The molecular formula is C76H203NO23Si9. The summed E-state index contributed by atoms with van der Waals surface area (Å²) in [4.78, 5) is 70.7. The molecule has 7 unspecified atom stereocenters. The number of methoxy groups -OCH3 is 1. The quantitative estimate of drug-likeness (QED) is 0.0376. The monoisotopic (exact) mass is 1750 g/mol. The van der Waals surface area contributed by atoms with Gasteiger partial charge in [0.05, 0.1) is 51.5 Å². The predicted molar refractivity (Wildman–Crippen MR) is 496 cm³/mol. The van der Waals surface area contributed by atoms with Crippen molar-refractivity contribution in [2.45, 2.75) is 378 Å². The smallest absolute Gasteiger partial charge is 0.373 e. The molecule has 0 rings (SSSR count). The van der Waals surface area contributed by atoms with Crippen LogP contribution in [0.1, 0.15) is 238 Å². The van der Waals surface area contributed by atoms with Gasteiger partial charge < -0.3 is 73.2 Å². The average molecular weight is 1750 g/mol. The molecule has 0 heterocycles. The molecule has 0 aromatic rings. The molecule has 33 heteroatoms. The molecule has 0 aromatic heterocycles. The maximum atomic E-state index is 11.1. The van der Waals surface area contributed by atoms with Crippen molar-refractivity contribution >= 4 is 106 Å². The van der Waals surface area contributed by atoms with Gasteiger partial charge in [-0.3, -0.25) is 9.59 Å². The van der Waals surface area contributed by atoms with E-state index in [9.17, 15) is 9.59 Å². The average Bonchev–Trinajstić information content (AvgIpc) is 0.836. The van der Waals surface area contributed by atoms with Gasteiger partial charge in [0.15, 0.2) is 33.3 Å². The molecule has 7 atom stereocenters. The normalized spacial score (nSPS) is 12.9. The lowest BCUT2D eigenvalue weighted by atomic mass is 10.1. The zero-order valence-electron chi connectivity index (χ0n) is 62.3. The van der Waals surface area contributed by atoms with E-state index < -0.39 is 88.0 Å².